The van der Waals surface area contributed by atoms with Crippen LogP contribution in [0.4, 0.5) is 5.82 Å². The zero-order valence-corrected chi connectivity index (χ0v) is 15.9. The fourth-order valence-electron chi connectivity index (χ4n) is 4.97. The Morgan fingerprint density at radius 3 is 3.00 bits per heavy atom. The van der Waals surface area contributed by atoms with Crippen LogP contribution in [0.5, 0.6) is 0 Å². The van der Waals surface area contributed by atoms with Crippen LogP contribution in [-0.4, -0.2) is 60.3 Å². The monoisotopic (exact) mass is 387 g/mol. The molecule has 2 aliphatic rings. The zero-order chi connectivity index (χ0) is 19.4. The van der Waals surface area contributed by atoms with Crippen molar-refractivity contribution in [3.8, 4) is 0 Å². The first-order valence-corrected chi connectivity index (χ1v) is 10.1. The molecule has 1 N–H and O–H groups in total. The second kappa shape index (κ2) is 6.30. The van der Waals surface area contributed by atoms with Crippen LogP contribution in [0.2, 0.25) is 0 Å². The van der Waals surface area contributed by atoms with Crippen molar-refractivity contribution in [1.82, 2.24) is 29.2 Å². The SMILES string of the molecule is O=C(c1cn2ccccc2n1)N1CCC[C@@H]2[C@H]1CCN2c1ncnc2[nH]ccc12. The maximum Gasteiger partial charge on any atom is 0.274 e. The van der Waals surface area contributed by atoms with E-state index in [1.807, 2.05) is 52.2 Å². The van der Waals surface area contributed by atoms with E-state index in [4.69, 9.17) is 0 Å². The maximum absolute atomic E-state index is 13.3. The van der Waals surface area contributed by atoms with E-state index in [1.165, 1.54) is 0 Å². The lowest BCUT2D eigenvalue weighted by Gasteiger charge is -2.40. The first kappa shape index (κ1) is 16.5. The molecule has 0 saturated carbocycles. The molecule has 29 heavy (non-hydrogen) atoms. The lowest BCUT2D eigenvalue weighted by Crippen LogP contribution is -2.52. The number of piperidine rings is 1. The third-order valence-electron chi connectivity index (χ3n) is 6.26. The van der Waals surface area contributed by atoms with Crippen molar-refractivity contribution >= 4 is 28.4 Å². The summed E-state index contributed by atoms with van der Waals surface area (Å²) in [6, 6.07) is 8.29. The molecule has 2 atom stereocenters. The third-order valence-corrected chi connectivity index (χ3v) is 6.26. The number of rotatable bonds is 2. The molecule has 6 heterocycles. The van der Waals surface area contributed by atoms with Gasteiger partial charge in [-0.2, -0.15) is 0 Å². The van der Waals surface area contributed by atoms with Gasteiger partial charge in [0.2, 0.25) is 0 Å². The van der Waals surface area contributed by atoms with Crippen LogP contribution in [0, 0.1) is 0 Å². The van der Waals surface area contributed by atoms with Crippen molar-refractivity contribution < 1.29 is 4.79 Å². The lowest BCUT2D eigenvalue weighted by molar-refractivity contribution is 0.0603. The number of imidazole rings is 1. The van der Waals surface area contributed by atoms with Gasteiger partial charge in [0, 0.05) is 31.7 Å². The Kier molecular flexibility index (Phi) is 3.59. The molecule has 2 saturated heterocycles. The van der Waals surface area contributed by atoms with Crippen LogP contribution < -0.4 is 4.90 Å². The largest absolute Gasteiger partial charge is 0.351 e. The van der Waals surface area contributed by atoms with E-state index in [1.54, 1.807) is 6.33 Å². The molecular formula is C21H21N7O. The van der Waals surface area contributed by atoms with Gasteiger partial charge in [-0.05, 0) is 37.5 Å². The Labute approximate surface area is 167 Å². The topological polar surface area (TPSA) is 82.4 Å². The van der Waals surface area contributed by atoms with Crippen molar-refractivity contribution in [2.24, 2.45) is 0 Å². The van der Waals surface area contributed by atoms with Gasteiger partial charge in [0.15, 0.2) is 0 Å². The van der Waals surface area contributed by atoms with E-state index in [2.05, 4.69) is 24.8 Å². The van der Waals surface area contributed by atoms with Gasteiger partial charge in [-0.3, -0.25) is 4.79 Å². The van der Waals surface area contributed by atoms with Gasteiger partial charge in [0.25, 0.3) is 5.91 Å². The molecule has 8 nitrogen and oxygen atoms in total. The van der Waals surface area contributed by atoms with Crippen molar-refractivity contribution in [3.63, 3.8) is 0 Å². The van der Waals surface area contributed by atoms with Crippen LogP contribution in [0.1, 0.15) is 29.8 Å². The van der Waals surface area contributed by atoms with E-state index in [0.717, 1.165) is 54.9 Å². The Morgan fingerprint density at radius 1 is 1.10 bits per heavy atom. The minimum absolute atomic E-state index is 0.0275. The number of nitrogens with one attached hydrogen (secondary N) is 1. The molecule has 2 fully saturated rings. The Hall–Kier alpha value is -3.42. The first-order chi connectivity index (χ1) is 14.3. The predicted octanol–water partition coefficient (Wildman–Crippen LogP) is 2.49. The number of aromatic nitrogens is 5. The van der Waals surface area contributed by atoms with Gasteiger partial charge in [-0.15, -0.1) is 0 Å². The van der Waals surface area contributed by atoms with Gasteiger partial charge < -0.3 is 19.2 Å². The summed E-state index contributed by atoms with van der Waals surface area (Å²) in [5.74, 6) is 0.991. The van der Waals surface area contributed by atoms with Gasteiger partial charge in [-0.25, -0.2) is 15.0 Å². The van der Waals surface area contributed by atoms with Gasteiger partial charge in [0.05, 0.1) is 17.5 Å². The second-order valence-electron chi connectivity index (χ2n) is 7.79. The highest BCUT2D eigenvalue weighted by molar-refractivity contribution is 5.93. The average molecular weight is 387 g/mol. The van der Waals surface area contributed by atoms with Crippen LogP contribution in [0.25, 0.3) is 16.7 Å². The Morgan fingerprint density at radius 2 is 2.07 bits per heavy atom. The molecule has 0 aliphatic carbocycles. The molecule has 4 aromatic heterocycles. The van der Waals surface area contributed by atoms with Gasteiger partial charge >= 0.3 is 0 Å². The minimum Gasteiger partial charge on any atom is -0.351 e. The van der Waals surface area contributed by atoms with E-state index in [-0.39, 0.29) is 18.0 Å². The predicted molar refractivity (Wildman–Crippen MR) is 109 cm³/mol. The maximum atomic E-state index is 13.3. The van der Waals surface area contributed by atoms with Crippen LogP contribution >= 0.6 is 0 Å². The normalized spacial score (nSPS) is 21.8. The van der Waals surface area contributed by atoms with Crippen LogP contribution in [0.3, 0.4) is 0 Å². The standard InChI is InChI=1S/C21H21N7O/c29-21(15-12-26-9-2-1-5-18(26)25-15)28-10-3-4-16-17(28)7-11-27(16)20-14-6-8-22-19(14)23-13-24-20/h1-2,5-6,8-9,12-13,16-17H,3-4,7,10-11H2,(H,22,23,24)/t16-,17-/m1/s1. The van der Waals surface area contributed by atoms with Crippen molar-refractivity contribution in [2.45, 2.75) is 31.3 Å². The van der Waals surface area contributed by atoms with Gasteiger partial charge in [0.1, 0.15) is 29.1 Å². The molecule has 6 rings (SSSR count). The van der Waals surface area contributed by atoms with Crippen molar-refractivity contribution in [3.05, 3.63) is 54.9 Å². The smallest absolute Gasteiger partial charge is 0.274 e. The summed E-state index contributed by atoms with van der Waals surface area (Å²) in [4.78, 5) is 34.3. The van der Waals surface area contributed by atoms with E-state index in [0.29, 0.717) is 5.69 Å². The number of amides is 1. The summed E-state index contributed by atoms with van der Waals surface area (Å²) in [6.45, 7) is 1.67. The Bertz CT molecular complexity index is 1180. The third kappa shape index (κ3) is 2.52. The second-order valence-corrected chi connectivity index (χ2v) is 7.79. The summed E-state index contributed by atoms with van der Waals surface area (Å²) < 4.78 is 1.90. The first-order valence-electron chi connectivity index (χ1n) is 10.1. The highest BCUT2D eigenvalue weighted by Gasteiger charge is 2.43. The number of nitrogens with zero attached hydrogens (tertiary/aromatic N) is 6. The molecule has 0 bridgehead atoms. The fourth-order valence-corrected chi connectivity index (χ4v) is 4.97. The molecule has 1 amide bonds. The average Bonchev–Trinajstić information content (AvgIpc) is 3.49. The summed E-state index contributed by atoms with van der Waals surface area (Å²) >= 11 is 0. The number of anilines is 1. The molecule has 0 unspecified atom stereocenters. The number of H-pyrrole nitrogens is 1. The van der Waals surface area contributed by atoms with Crippen molar-refractivity contribution in [2.75, 3.05) is 18.0 Å². The van der Waals surface area contributed by atoms with Crippen molar-refractivity contribution in [1.29, 1.82) is 0 Å². The molecule has 4 aromatic rings. The lowest BCUT2D eigenvalue weighted by atomic mass is 9.96. The summed E-state index contributed by atoms with van der Waals surface area (Å²) in [5, 5.41) is 1.04. The number of hydrogen-bond acceptors (Lipinski definition) is 5. The highest BCUT2D eigenvalue weighted by atomic mass is 16.2. The number of pyridine rings is 1. The molecule has 2 aliphatic heterocycles. The summed E-state index contributed by atoms with van der Waals surface area (Å²) in [7, 11) is 0. The molecular weight excluding hydrogens is 366 g/mol. The van der Waals surface area contributed by atoms with Crippen LogP contribution in [-0.2, 0) is 0 Å². The minimum atomic E-state index is 0.0275. The molecule has 0 aromatic carbocycles. The van der Waals surface area contributed by atoms with E-state index in [9.17, 15) is 4.79 Å². The summed E-state index contributed by atoms with van der Waals surface area (Å²) in [5.41, 5.74) is 2.17. The van der Waals surface area contributed by atoms with Crippen LogP contribution in [0.15, 0.2) is 49.2 Å². The van der Waals surface area contributed by atoms with E-state index < -0.39 is 0 Å². The zero-order valence-electron chi connectivity index (χ0n) is 15.9. The number of fused-ring (bicyclic) bond motifs is 3. The molecule has 146 valence electrons. The Balaban J connectivity index is 1.32. The number of aromatic amines is 1. The molecule has 8 heteroatoms. The molecule has 0 radical (unpaired) electrons. The fraction of sp³-hybridized carbons (Fsp3) is 0.333. The molecule has 0 spiro atoms. The number of hydrogen-bond donors (Lipinski definition) is 1. The number of carbonyl (C=O) groups is 1. The van der Waals surface area contributed by atoms with E-state index >= 15 is 0 Å². The number of carbonyl (C=O) groups excluding carboxylic acids is 1. The quantitative estimate of drug-likeness (QED) is 0.571. The summed E-state index contributed by atoms with van der Waals surface area (Å²) in [6.07, 6.45) is 10.3. The van der Waals surface area contributed by atoms with Gasteiger partial charge in [-0.1, -0.05) is 6.07 Å². The number of likely N-dealkylation sites (tertiary alicyclic amines) is 1. The highest BCUT2D eigenvalue weighted by Crippen LogP contribution is 2.36.